The van der Waals surface area contributed by atoms with Crippen LogP contribution < -0.4 is 0 Å². The summed E-state index contributed by atoms with van der Waals surface area (Å²) in [6.07, 6.45) is 3.23. The van der Waals surface area contributed by atoms with Crippen LogP contribution in [-0.2, 0) is 25.0 Å². The van der Waals surface area contributed by atoms with Crippen molar-refractivity contribution in [1.82, 2.24) is 19.6 Å². The minimum atomic E-state index is -0.453. The standard InChI is InChI=1S/C6H7Br2FN2.C6H8BrFN2O.CBr4/c7-3-5-4-10-11(2-1-9)6(5)8;7-6-5(4-11)3-9-10(6)2-1-8;2-1(3,4)5/h4H,1-3H2;3,11H,1-2,4H2;. The van der Waals surface area contributed by atoms with Crippen molar-refractivity contribution in [3.63, 3.8) is 0 Å². The molecule has 0 radical (unpaired) electrons. The monoisotopic (exact) mass is 834 g/mol. The number of aliphatic hydroxyl groups is 1. The van der Waals surface area contributed by atoms with Gasteiger partial charge in [-0.05, 0) is 95.6 Å². The van der Waals surface area contributed by atoms with E-state index in [-0.39, 0.29) is 20.9 Å². The van der Waals surface area contributed by atoms with E-state index in [2.05, 4.69) is 122 Å². The Morgan fingerprint density at radius 3 is 1.52 bits per heavy atom. The number of aryl methyl sites for hydroxylation is 2. The van der Waals surface area contributed by atoms with Crippen LogP contribution in [0.3, 0.4) is 0 Å². The van der Waals surface area contributed by atoms with E-state index < -0.39 is 6.67 Å². The molecule has 0 saturated heterocycles. The van der Waals surface area contributed by atoms with Gasteiger partial charge >= 0.3 is 0 Å². The lowest BCUT2D eigenvalue weighted by Crippen LogP contribution is -2.01. The molecule has 1 N–H and O–H groups in total. The van der Waals surface area contributed by atoms with Gasteiger partial charge < -0.3 is 5.11 Å². The summed E-state index contributed by atoms with van der Waals surface area (Å²) >= 11 is 22.3. The highest BCUT2D eigenvalue weighted by molar-refractivity contribution is 9.52. The highest BCUT2D eigenvalue weighted by atomic mass is 80.0. The van der Waals surface area contributed by atoms with Crippen LogP contribution in [0.15, 0.2) is 21.6 Å². The van der Waals surface area contributed by atoms with E-state index in [4.69, 9.17) is 5.11 Å². The van der Waals surface area contributed by atoms with Gasteiger partial charge in [0.15, 0.2) is 1.05 Å². The third-order valence-electron chi connectivity index (χ3n) is 2.60. The van der Waals surface area contributed by atoms with Crippen LogP contribution in [0.5, 0.6) is 0 Å². The van der Waals surface area contributed by atoms with Crippen molar-refractivity contribution in [3.8, 4) is 0 Å². The van der Waals surface area contributed by atoms with Crippen LogP contribution in [0.2, 0.25) is 0 Å². The summed E-state index contributed by atoms with van der Waals surface area (Å²) in [4.78, 5) is 0. The number of hydrogen-bond acceptors (Lipinski definition) is 3. The predicted octanol–water partition coefficient (Wildman–Crippen LogP) is 6.79. The fourth-order valence-electron chi connectivity index (χ4n) is 1.49. The lowest BCUT2D eigenvalue weighted by Gasteiger charge is -1.98. The third kappa shape index (κ3) is 12.8. The summed E-state index contributed by atoms with van der Waals surface area (Å²) in [6.45, 7) is -0.381. The Morgan fingerprint density at radius 1 is 0.889 bits per heavy atom. The van der Waals surface area contributed by atoms with Gasteiger partial charge in [-0.15, -0.1) is 0 Å². The lowest BCUT2D eigenvalue weighted by atomic mass is 10.4. The molecule has 0 amide bonds. The van der Waals surface area contributed by atoms with Gasteiger partial charge in [0.2, 0.25) is 0 Å². The average Bonchev–Trinajstić information content (AvgIpc) is 3.11. The molecule has 14 heteroatoms. The SMILES string of the molecule is BrC(Br)(Br)Br.FCCn1ncc(CBr)c1Br.OCc1cnn(CCF)c1Br. The molecule has 2 heterocycles. The fourth-order valence-corrected chi connectivity index (χ4v) is 3.28. The van der Waals surface area contributed by atoms with E-state index in [1.54, 1.807) is 10.9 Å². The minimum Gasteiger partial charge on any atom is -0.392 e. The van der Waals surface area contributed by atoms with Gasteiger partial charge in [-0.3, -0.25) is 9.36 Å². The topological polar surface area (TPSA) is 55.9 Å². The van der Waals surface area contributed by atoms with Crippen LogP contribution in [0.1, 0.15) is 11.1 Å². The molecule has 0 unspecified atom stereocenters. The molecule has 0 saturated carbocycles. The number of hydrogen-bond donors (Lipinski definition) is 1. The van der Waals surface area contributed by atoms with Crippen LogP contribution >= 0.6 is 112 Å². The molecule has 0 bridgehead atoms. The second-order valence-corrected chi connectivity index (χ2v) is 17.7. The first-order valence-corrected chi connectivity index (χ1v) is 12.9. The van der Waals surface area contributed by atoms with Gasteiger partial charge in [-0.1, -0.05) is 15.9 Å². The molecule has 0 aliphatic rings. The van der Waals surface area contributed by atoms with Crippen molar-refractivity contribution >= 4 is 112 Å². The van der Waals surface area contributed by atoms with Gasteiger partial charge in [0.05, 0.1) is 32.1 Å². The molecule has 0 aliphatic carbocycles. The lowest BCUT2D eigenvalue weighted by molar-refractivity contribution is 0.280. The average molecular weight is 841 g/mol. The molecule has 2 aromatic rings. The zero-order valence-corrected chi connectivity index (χ0v) is 24.6. The predicted molar refractivity (Wildman–Crippen MR) is 129 cm³/mol. The van der Waals surface area contributed by atoms with E-state index in [0.29, 0.717) is 16.7 Å². The maximum absolute atomic E-state index is 11.9. The summed E-state index contributed by atoms with van der Waals surface area (Å²) in [7, 11) is 0. The molecular weight excluding hydrogens is 825 g/mol. The van der Waals surface area contributed by atoms with Gasteiger partial charge in [0.1, 0.15) is 22.6 Å². The van der Waals surface area contributed by atoms with Crippen molar-refractivity contribution in [2.75, 3.05) is 13.3 Å². The summed E-state index contributed by atoms with van der Waals surface area (Å²) in [5, 5.41) is 17.3. The zero-order chi connectivity index (χ0) is 21.0. The van der Waals surface area contributed by atoms with Crippen LogP contribution in [0.25, 0.3) is 0 Å². The Labute approximate surface area is 214 Å². The quantitative estimate of drug-likeness (QED) is 0.326. The smallest absolute Gasteiger partial charge is 0.189 e. The van der Waals surface area contributed by atoms with Gasteiger partial charge in [-0.2, -0.15) is 10.2 Å². The van der Waals surface area contributed by atoms with Gasteiger partial charge in [0, 0.05) is 16.5 Å². The molecule has 2 rings (SSSR count). The Balaban J connectivity index is 0.000000405. The van der Waals surface area contributed by atoms with Crippen molar-refractivity contribution < 1.29 is 13.9 Å². The number of alkyl halides is 7. The number of aliphatic hydroxyl groups excluding tert-OH is 1. The largest absolute Gasteiger partial charge is 0.392 e. The molecule has 27 heavy (non-hydrogen) atoms. The van der Waals surface area contributed by atoms with E-state index >= 15 is 0 Å². The van der Waals surface area contributed by atoms with Gasteiger partial charge in [-0.25, -0.2) is 8.78 Å². The Morgan fingerprint density at radius 2 is 1.26 bits per heavy atom. The summed E-state index contributed by atoms with van der Waals surface area (Å²) < 4.78 is 28.0. The van der Waals surface area contributed by atoms with Crippen LogP contribution in [-0.4, -0.2) is 39.1 Å². The first kappa shape index (κ1) is 28.6. The first-order valence-electron chi connectivity index (χ1n) is 7.03. The Bertz CT molecular complexity index is 607. The van der Waals surface area contributed by atoms with Crippen molar-refractivity contribution in [2.24, 2.45) is 0 Å². The third-order valence-corrected chi connectivity index (χ3v) is 5.04. The first-order chi connectivity index (χ1) is 12.6. The van der Waals surface area contributed by atoms with Crippen molar-refractivity contribution in [3.05, 3.63) is 32.7 Å². The van der Waals surface area contributed by atoms with Crippen LogP contribution in [0.4, 0.5) is 8.78 Å². The number of rotatable bonds is 6. The van der Waals surface area contributed by atoms with Crippen LogP contribution in [0, 0.1) is 0 Å². The second kappa shape index (κ2) is 15.4. The summed E-state index contributed by atoms with van der Waals surface area (Å²) in [5.41, 5.74) is 1.72. The molecule has 156 valence electrons. The maximum atomic E-state index is 11.9. The number of nitrogens with zero attached hydrogens (tertiary/aromatic N) is 4. The molecule has 0 fully saturated rings. The molecule has 5 nitrogen and oxygen atoms in total. The molecular formula is C13H15Br7F2N4O. The molecule has 0 spiro atoms. The summed E-state index contributed by atoms with van der Waals surface area (Å²) in [6, 6.07) is 0. The minimum absolute atomic E-state index is 0.0765. The zero-order valence-electron chi connectivity index (χ0n) is 13.5. The Hall–Kier alpha value is 1.60. The number of aromatic nitrogens is 4. The fraction of sp³-hybridized carbons (Fsp3) is 0.538. The van der Waals surface area contributed by atoms with Gasteiger partial charge in [0.25, 0.3) is 0 Å². The molecule has 0 aliphatic heterocycles. The maximum Gasteiger partial charge on any atom is 0.189 e. The summed E-state index contributed by atoms with van der Waals surface area (Å²) in [5.74, 6) is 0. The molecule has 0 aromatic carbocycles. The van der Waals surface area contributed by atoms with E-state index in [9.17, 15) is 8.78 Å². The van der Waals surface area contributed by atoms with Crippen molar-refractivity contribution in [2.45, 2.75) is 26.1 Å². The highest BCUT2D eigenvalue weighted by Gasteiger charge is 2.08. The highest BCUT2D eigenvalue weighted by Crippen LogP contribution is 2.39. The second-order valence-electron chi connectivity index (χ2n) is 4.47. The molecule has 0 atom stereocenters. The number of halogens is 9. The van der Waals surface area contributed by atoms with E-state index in [1.165, 1.54) is 10.9 Å². The van der Waals surface area contributed by atoms with Crippen molar-refractivity contribution in [1.29, 1.82) is 0 Å². The normalized spacial score (nSPS) is 10.7. The molecule has 2 aromatic heterocycles. The Kier molecular flexibility index (Phi) is 16.3. The van der Waals surface area contributed by atoms with E-state index in [0.717, 1.165) is 15.5 Å². The van der Waals surface area contributed by atoms with E-state index in [1.807, 2.05) is 0 Å².